The van der Waals surface area contributed by atoms with Crippen LogP contribution in [0.4, 0.5) is 0 Å². The predicted octanol–water partition coefficient (Wildman–Crippen LogP) is 11.6. The maximum absolute atomic E-state index is 11.3. The summed E-state index contributed by atoms with van der Waals surface area (Å²) in [7, 11) is 0. The van der Waals surface area contributed by atoms with E-state index < -0.39 is 36.0 Å². The fourth-order valence-electron chi connectivity index (χ4n) is 9.49. The number of carbonyl (C=O) groups is 7. The van der Waals surface area contributed by atoms with Gasteiger partial charge in [-0.25, -0.2) is 33.6 Å². The molecule has 492 valence electrons. The van der Waals surface area contributed by atoms with Crippen LogP contribution in [0.2, 0.25) is 0 Å². The molecular formula is C71H94O19. The van der Waals surface area contributed by atoms with Crippen molar-refractivity contribution in [1.82, 2.24) is 0 Å². The Morgan fingerprint density at radius 1 is 0.533 bits per heavy atom. The van der Waals surface area contributed by atoms with Crippen molar-refractivity contribution in [2.75, 3.05) is 66.1 Å². The molecule has 3 aromatic carbocycles. The second-order valence-corrected chi connectivity index (χ2v) is 22.1. The van der Waals surface area contributed by atoms with Gasteiger partial charge in [-0.15, -0.1) is 0 Å². The van der Waals surface area contributed by atoms with Gasteiger partial charge in [0, 0.05) is 59.3 Å². The normalized spacial score (nSPS) is 16.8. The number of aliphatic hydroxyl groups is 1. The average Bonchev–Trinajstić information content (AvgIpc) is 1.57. The van der Waals surface area contributed by atoms with Crippen LogP contribution < -0.4 is 14.2 Å². The second-order valence-electron chi connectivity index (χ2n) is 22.1. The van der Waals surface area contributed by atoms with E-state index in [1.165, 1.54) is 38.2 Å². The van der Waals surface area contributed by atoms with E-state index in [-0.39, 0.29) is 87.8 Å². The molecule has 3 fully saturated rings. The highest BCUT2D eigenvalue weighted by Gasteiger charge is 2.62. The van der Waals surface area contributed by atoms with Crippen molar-refractivity contribution in [1.29, 1.82) is 0 Å². The van der Waals surface area contributed by atoms with E-state index in [4.69, 9.17) is 37.9 Å². The monoisotopic (exact) mass is 1250 g/mol. The first-order valence-corrected chi connectivity index (χ1v) is 30.0. The van der Waals surface area contributed by atoms with Crippen molar-refractivity contribution in [3.63, 3.8) is 0 Å². The van der Waals surface area contributed by atoms with Gasteiger partial charge in [-0.1, -0.05) is 130 Å². The summed E-state index contributed by atoms with van der Waals surface area (Å²) in [5.41, 5.74) is 3.04. The van der Waals surface area contributed by atoms with E-state index in [1.54, 1.807) is 19.1 Å². The van der Waals surface area contributed by atoms with Crippen LogP contribution in [0.3, 0.4) is 0 Å². The van der Waals surface area contributed by atoms with Gasteiger partial charge in [0.25, 0.3) is 0 Å². The molecule has 0 aliphatic heterocycles. The highest BCUT2D eigenvalue weighted by atomic mass is 16.6. The smallest absolute Gasteiger partial charge is 0.333 e. The second kappa shape index (κ2) is 42.4. The molecule has 0 radical (unpaired) electrons. The Balaban J connectivity index is 0.000000406. The molecule has 19 heteroatoms. The minimum absolute atomic E-state index is 0.0778. The number of para-hydroxylation sites is 1. The summed E-state index contributed by atoms with van der Waals surface area (Å²) in [6.07, 6.45) is 16.0. The molecule has 0 amide bonds. The fraction of sp³-hybridized carbons (Fsp3) is 0.451. The Labute approximate surface area is 531 Å². The zero-order valence-corrected chi connectivity index (χ0v) is 53.5. The fourth-order valence-corrected chi connectivity index (χ4v) is 9.49. The molecule has 4 atom stereocenters. The topological polar surface area (TPSA) is 241 Å². The molecule has 0 saturated heterocycles. The molecule has 3 saturated carbocycles. The van der Waals surface area contributed by atoms with Crippen LogP contribution in [-0.4, -0.2) is 131 Å². The van der Waals surface area contributed by atoms with Gasteiger partial charge in [0.2, 0.25) is 0 Å². The number of esters is 7. The molecule has 0 spiro atoms. The lowest BCUT2D eigenvalue weighted by atomic mass is 9.70. The third-order valence-electron chi connectivity index (χ3n) is 15.2. The number of rotatable bonds is 31. The average molecular weight is 1250 g/mol. The van der Waals surface area contributed by atoms with Crippen molar-refractivity contribution >= 4 is 41.8 Å². The first-order valence-electron chi connectivity index (χ1n) is 30.0. The predicted molar refractivity (Wildman–Crippen MR) is 342 cm³/mol. The van der Waals surface area contributed by atoms with Crippen LogP contribution in [0.15, 0.2) is 167 Å². The van der Waals surface area contributed by atoms with Crippen LogP contribution in [0.25, 0.3) is 0 Å². The summed E-state index contributed by atoms with van der Waals surface area (Å²) in [6.45, 7) is 38.3. The van der Waals surface area contributed by atoms with Gasteiger partial charge in [-0.05, 0) is 111 Å². The van der Waals surface area contributed by atoms with Gasteiger partial charge in [0.15, 0.2) is 0 Å². The quantitative estimate of drug-likeness (QED) is 0.0272. The zero-order chi connectivity index (χ0) is 67.0. The lowest BCUT2D eigenvalue weighted by Gasteiger charge is -2.38. The molecule has 2 bridgehead atoms. The van der Waals surface area contributed by atoms with E-state index >= 15 is 0 Å². The van der Waals surface area contributed by atoms with Gasteiger partial charge < -0.3 is 57.2 Å². The Hall–Kier alpha value is -8.55. The Bertz CT molecular complexity index is 2730. The third-order valence-corrected chi connectivity index (χ3v) is 15.2. The summed E-state index contributed by atoms with van der Waals surface area (Å²) >= 11 is 0. The Kier molecular flexibility index (Phi) is 36.5. The van der Waals surface area contributed by atoms with Crippen molar-refractivity contribution in [3.8, 4) is 17.2 Å². The van der Waals surface area contributed by atoms with E-state index in [1.807, 2.05) is 66.7 Å². The minimum Gasteiger partial charge on any atom is -0.493 e. The molecule has 0 aromatic heterocycles. The molecule has 3 aromatic rings. The molecule has 1 N–H and O–H groups in total. The zero-order valence-electron chi connectivity index (χ0n) is 53.5. The number of ether oxygens (including phenoxy) is 11. The summed E-state index contributed by atoms with van der Waals surface area (Å²) in [5.74, 6) is -0.0797. The van der Waals surface area contributed by atoms with E-state index in [2.05, 4.69) is 94.9 Å². The Morgan fingerprint density at radius 3 is 1.42 bits per heavy atom. The molecule has 3 aliphatic carbocycles. The lowest BCUT2D eigenvalue weighted by molar-refractivity contribution is -0.151. The number of hydrogen-bond donors (Lipinski definition) is 1. The van der Waals surface area contributed by atoms with Gasteiger partial charge in [-0.2, -0.15) is 0 Å². The summed E-state index contributed by atoms with van der Waals surface area (Å²) in [5, 5.41) is 9.42. The molecule has 0 heterocycles. The van der Waals surface area contributed by atoms with Gasteiger partial charge in [0.1, 0.15) is 75.2 Å². The third kappa shape index (κ3) is 29.2. The first-order chi connectivity index (χ1) is 42.9. The maximum atomic E-state index is 11.3. The van der Waals surface area contributed by atoms with Crippen molar-refractivity contribution in [2.45, 2.75) is 123 Å². The number of carbonyl (C=O) groups excluding carboxylic acids is 7. The molecule has 3 aliphatic rings. The van der Waals surface area contributed by atoms with Crippen LogP contribution in [0.5, 0.6) is 17.2 Å². The van der Waals surface area contributed by atoms with Crippen molar-refractivity contribution in [3.05, 3.63) is 178 Å². The number of benzene rings is 3. The standard InChI is InChI=1S/C26H30O6.C13H20O2.C12H14O4.C10H14O5.C10H16O2/c1-5-24(27)31-17-7-16-29-22-12-8-20(9-13-22)26(3,4)21-10-14-23(15-11-21)30-18-19-32-25(28)6-2;1-5-11(14)15-10-8-9-6-7-13(10,4)12(9,2)3;1-2-12(14)16-9-10(13)8-15-11-6-4-3-5-7-11;1-3-9(11)14-7-5-13-6-8-15-10(12)4-2;1-8(2)10(11)12-9-6-4-3-5-7-9/h5-6,8-15H,1-2,7,16-19H2,3-4H3;5,9-10H,1,6-8H2,2-4H3;2-7,10,13H,1,8-9H2;3-4H,1-2,5-8H2;9H,1,3-7H2,2H3. The van der Waals surface area contributed by atoms with Crippen LogP contribution >= 0.6 is 0 Å². The summed E-state index contributed by atoms with van der Waals surface area (Å²) in [6, 6.07) is 24.9. The number of aliphatic hydroxyl groups excluding tert-OH is 1. The number of hydrogen-bond acceptors (Lipinski definition) is 19. The highest BCUT2D eigenvalue weighted by Crippen LogP contribution is 2.66. The van der Waals surface area contributed by atoms with Crippen molar-refractivity contribution < 1.29 is 90.8 Å². The summed E-state index contributed by atoms with van der Waals surface area (Å²) < 4.78 is 56.0. The van der Waals surface area contributed by atoms with E-state index in [0.29, 0.717) is 48.0 Å². The van der Waals surface area contributed by atoms with Crippen molar-refractivity contribution in [2.24, 2.45) is 16.7 Å². The van der Waals surface area contributed by atoms with E-state index in [0.717, 1.165) is 66.5 Å². The SMILES string of the molecule is C=C(C)C(=O)OC1CCCCC1.C=CC(=O)OC1CC2CCC1(C)C2(C)C.C=CC(=O)OCC(O)COc1ccccc1.C=CC(=O)OCCCOc1ccc(C(C)(C)c2ccc(OCCOC(=O)C=C)cc2)cc1.C=CC(=O)OCCOCCOC(=O)C=C. The molecule has 90 heavy (non-hydrogen) atoms. The molecule has 4 unspecified atom stereocenters. The van der Waals surface area contributed by atoms with Crippen LogP contribution in [-0.2, 0) is 76.9 Å². The maximum Gasteiger partial charge on any atom is 0.333 e. The van der Waals surface area contributed by atoms with Crippen LogP contribution in [0, 0.1) is 16.7 Å². The lowest BCUT2D eigenvalue weighted by Crippen LogP contribution is -2.38. The van der Waals surface area contributed by atoms with E-state index in [9.17, 15) is 38.7 Å². The number of fused-ring (bicyclic) bond motifs is 2. The van der Waals surface area contributed by atoms with Gasteiger partial charge >= 0.3 is 41.8 Å². The van der Waals surface area contributed by atoms with Crippen LogP contribution in [0.1, 0.15) is 110 Å². The first kappa shape index (κ1) is 77.5. The summed E-state index contributed by atoms with van der Waals surface area (Å²) in [4.78, 5) is 76.2. The molecular weight excluding hydrogens is 1160 g/mol. The Morgan fingerprint density at radius 2 is 0.978 bits per heavy atom. The minimum atomic E-state index is -0.843. The largest absolute Gasteiger partial charge is 0.493 e. The molecule has 6 rings (SSSR count). The van der Waals surface area contributed by atoms with Gasteiger partial charge in [-0.3, -0.25) is 0 Å². The van der Waals surface area contributed by atoms with Gasteiger partial charge in [0.05, 0.1) is 26.4 Å². The highest BCUT2D eigenvalue weighted by molar-refractivity contribution is 5.87. The molecule has 19 nitrogen and oxygen atoms in total.